The van der Waals surface area contributed by atoms with Crippen molar-refractivity contribution >= 4 is 17.5 Å². The molecule has 1 aliphatic heterocycles. The van der Waals surface area contributed by atoms with E-state index in [1.807, 2.05) is 0 Å². The molecule has 1 aromatic heterocycles. The molecular formula is C13H19ClN2O2. The topological polar surface area (TPSA) is 45.3 Å². The van der Waals surface area contributed by atoms with Crippen LogP contribution in [0.4, 0.5) is 0 Å². The molecule has 0 spiro atoms. The van der Waals surface area contributed by atoms with Crippen molar-refractivity contribution in [2.75, 3.05) is 20.2 Å². The van der Waals surface area contributed by atoms with Gasteiger partial charge in [0, 0.05) is 26.4 Å². The minimum Gasteiger partial charge on any atom is -0.378 e. The second-order valence-corrected chi connectivity index (χ2v) is 5.17. The van der Waals surface area contributed by atoms with E-state index < -0.39 is 0 Å². The first-order chi connectivity index (χ1) is 8.66. The van der Waals surface area contributed by atoms with E-state index in [-0.39, 0.29) is 5.91 Å². The van der Waals surface area contributed by atoms with Gasteiger partial charge in [-0.3, -0.25) is 4.79 Å². The van der Waals surface area contributed by atoms with Gasteiger partial charge in [-0.2, -0.15) is 0 Å². The molecule has 1 aromatic rings. The van der Waals surface area contributed by atoms with E-state index >= 15 is 0 Å². The van der Waals surface area contributed by atoms with Gasteiger partial charge < -0.3 is 14.6 Å². The second kappa shape index (κ2) is 6.25. The Labute approximate surface area is 112 Å². The standard InChI is InChI=1S/C13H19ClN2O2/c1-16(6-5-11-4-2-3-7-18-11)13(17)12-8-10(14)9-15-12/h8-9,11,15H,2-7H2,1H3. The summed E-state index contributed by atoms with van der Waals surface area (Å²) in [7, 11) is 1.81. The van der Waals surface area contributed by atoms with Crippen LogP contribution in [-0.4, -0.2) is 42.1 Å². The Bertz CT molecular complexity index is 399. The van der Waals surface area contributed by atoms with Crippen LogP contribution in [0.1, 0.15) is 36.2 Å². The zero-order chi connectivity index (χ0) is 13.0. The van der Waals surface area contributed by atoms with Crippen LogP contribution in [0, 0.1) is 0 Å². The van der Waals surface area contributed by atoms with Gasteiger partial charge in [-0.25, -0.2) is 0 Å². The monoisotopic (exact) mass is 270 g/mol. The van der Waals surface area contributed by atoms with Gasteiger partial charge in [-0.05, 0) is 31.7 Å². The fraction of sp³-hybridized carbons (Fsp3) is 0.615. The molecule has 4 nitrogen and oxygen atoms in total. The summed E-state index contributed by atoms with van der Waals surface area (Å²) in [6.07, 6.45) is 6.32. The molecule has 1 unspecified atom stereocenters. The van der Waals surface area contributed by atoms with Gasteiger partial charge >= 0.3 is 0 Å². The highest BCUT2D eigenvalue weighted by molar-refractivity contribution is 6.30. The first kappa shape index (κ1) is 13.4. The minimum absolute atomic E-state index is 0.0299. The predicted molar refractivity (Wildman–Crippen MR) is 71.0 cm³/mol. The summed E-state index contributed by atoms with van der Waals surface area (Å²) in [5.41, 5.74) is 0.534. The smallest absolute Gasteiger partial charge is 0.270 e. The minimum atomic E-state index is -0.0299. The summed E-state index contributed by atoms with van der Waals surface area (Å²) in [6, 6.07) is 1.65. The number of hydrogen-bond donors (Lipinski definition) is 1. The lowest BCUT2D eigenvalue weighted by atomic mass is 10.1. The molecule has 1 N–H and O–H groups in total. The molecule has 0 radical (unpaired) electrons. The zero-order valence-corrected chi connectivity index (χ0v) is 11.4. The normalized spacial score (nSPS) is 19.8. The Morgan fingerprint density at radius 3 is 3.06 bits per heavy atom. The summed E-state index contributed by atoms with van der Waals surface area (Å²) in [5, 5.41) is 0.558. The third-order valence-electron chi connectivity index (χ3n) is 3.29. The average Bonchev–Trinajstić information content (AvgIpc) is 2.83. The lowest BCUT2D eigenvalue weighted by Crippen LogP contribution is -2.31. The Kier molecular flexibility index (Phi) is 4.66. The van der Waals surface area contributed by atoms with Gasteiger partial charge in [0.05, 0.1) is 11.1 Å². The van der Waals surface area contributed by atoms with Crippen molar-refractivity contribution < 1.29 is 9.53 Å². The van der Waals surface area contributed by atoms with E-state index in [1.54, 1.807) is 24.2 Å². The van der Waals surface area contributed by atoms with E-state index in [9.17, 15) is 4.79 Å². The molecule has 0 aliphatic carbocycles. The van der Waals surface area contributed by atoms with Gasteiger partial charge in [0.1, 0.15) is 5.69 Å². The molecule has 0 saturated carbocycles. The Balaban J connectivity index is 1.80. The molecule has 100 valence electrons. The highest BCUT2D eigenvalue weighted by atomic mass is 35.5. The van der Waals surface area contributed by atoms with E-state index in [2.05, 4.69) is 4.98 Å². The molecule has 1 aliphatic rings. The maximum atomic E-state index is 12.0. The maximum absolute atomic E-state index is 12.0. The van der Waals surface area contributed by atoms with Crippen LogP contribution in [0.15, 0.2) is 12.3 Å². The fourth-order valence-corrected chi connectivity index (χ4v) is 2.33. The zero-order valence-electron chi connectivity index (χ0n) is 10.6. The number of nitrogens with zero attached hydrogens (tertiary/aromatic N) is 1. The SMILES string of the molecule is CN(CCC1CCCCO1)C(=O)c1cc(Cl)c[nH]1. The van der Waals surface area contributed by atoms with Crippen molar-refractivity contribution in [3.8, 4) is 0 Å². The number of rotatable bonds is 4. The van der Waals surface area contributed by atoms with Gasteiger partial charge in [-0.15, -0.1) is 0 Å². The van der Waals surface area contributed by atoms with E-state index in [1.165, 1.54) is 6.42 Å². The number of H-pyrrole nitrogens is 1. The van der Waals surface area contributed by atoms with Crippen molar-refractivity contribution in [3.63, 3.8) is 0 Å². The molecule has 1 atom stereocenters. The highest BCUT2D eigenvalue weighted by Gasteiger charge is 2.17. The highest BCUT2D eigenvalue weighted by Crippen LogP contribution is 2.16. The van der Waals surface area contributed by atoms with Crippen molar-refractivity contribution in [3.05, 3.63) is 23.0 Å². The number of aromatic amines is 1. The number of ether oxygens (including phenoxy) is 1. The van der Waals surface area contributed by atoms with Crippen LogP contribution in [0.5, 0.6) is 0 Å². The summed E-state index contributed by atoms with van der Waals surface area (Å²) in [4.78, 5) is 16.6. The number of halogens is 1. The van der Waals surface area contributed by atoms with Crippen molar-refractivity contribution in [1.29, 1.82) is 0 Å². The summed E-state index contributed by atoms with van der Waals surface area (Å²) < 4.78 is 5.65. The number of amides is 1. The molecule has 2 rings (SSSR count). The molecule has 0 aromatic carbocycles. The van der Waals surface area contributed by atoms with Crippen LogP contribution in [0.3, 0.4) is 0 Å². The summed E-state index contributed by atoms with van der Waals surface area (Å²) in [6.45, 7) is 1.56. The first-order valence-corrected chi connectivity index (χ1v) is 6.75. The largest absolute Gasteiger partial charge is 0.378 e. The Morgan fingerprint density at radius 1 is 1.61 bits per heavy atom. The predicted octanol–water partition coefficient (Wildman–Crippen LogP) is 2.70. The Morgan fingerprint density at radius 2 is 2.44 bits per heavy atom. The molecule has 1 fully saturated rings. The van der Waals surface area contributed by atoms with Gasteiger partial charge in [-0.1, -0.05) is 11.6 Å². The fourth-order valence-electron chi connectivity index (χ4n) is 2.17. The Hall–Kier alpha value is -1.00. The number of carbonyl (C=O) groups is 1. The molecule has 1 amide bonds. The van der Waals surface area contributed by atoms with Crippen molar-refractivity contribution in [2.24, 2.45) is 0 Å². The van der Waals surface area contributed by atoms with E-state index in [0.717, 1.165) is 25.9 Å². The number of hydrogen-bond acceptors (Lipinski definition) is 2. The number of carbonyl (C=O) groups excluding carboxylic acids is 1. The lowest BCUT2D eigenvalue weighted by Gasteiger charge is -2.25. The average molecular weight is 271 g/mol. The van der Waals surface area contributed by atoms with Crippen LogP contribution < -0.4 is 0 Å². The van der Waals surface area contributed by atoms with Crippen LogP contribution in [0.25, 0.3) is 0 Å². The molecule has 1 saturated heterocycles. The van der Waals surface area contributed by atoms with Gasteiger partial charge in [0.25, 0.3) is 5.91 Å². The van der Waals surface area contributed by atoms with Gasteiger partial charge in [0.2, 0.25) is 0 Å². The van der Waals surface area contributed by atoms with Crippen LogP contribution >= 0.6 is 11.6 Å². The lowest BCUT2D eigenvalue weighted by molar-refractivity contribution is 0.00706. The van der Waals surface area contributed by atoms with E-state index in [4.69, 9.17) is 16.3 Å². The molecule has 5 heteroatoms. The summed E-state index contributed by atoms with van der Waals surface area (Å²) >= 11 is 5.79. The second-order valence-electron chi connectivity index (χ2n) is 4.74. The van der Waals surface area contributed by atoms with Crippen LogP contribution in [0.2, 0.25) is 5.02 Å². The maximum Gasteiger partial charge on any atom is 0.270 e. The van der Waals surface area contributed by atoms with Crippen molar-refractivity contribution in [1.82, 2.24) is 9.88 Å². The van der Waals surface area contributed by atoms with Crippen molar-refractivity contribution in [2.45, 2.75) is 31.8 Å². The number of aromatic nitrogens is 1. The molecular weight excluding hydrogens is 252 g/mol. The molecule has 2 heterocycles. The summed E-state index contributed by atoms with van der Waals surface area (Å²) in [5.74, 6) is -0.0299. The first-order valence-electron chi connectivity index (χ1n) is 6.38. The third-order valence-corrected chi connectivity index (χ3v) is 3.50. The van der Waals surface area contributed by atoms with Crippen LogP contribution in [-0.2, 0) is 4.74 Å². The molecule has 18 heavy (non-hydrogen) atoms. The van der Waals surface area contributed by atoms with E-state index in [0.29, 0.717) is 23.4 Å². The van der Waals surface area contributed by atoms with Gasteiger partial charge in [0.15, 0.2) is 0 Å². The molecule has 0 bridgehead atoms. The number of nitrogens with one attached hydrogen (secondary N) is 1. The quantitative estimate of drug-likeness (QED) is 0.914. The third kappa shape index (κ3) is 3.50.